The third kappa shape index (κ3) is 2.20. The zero-order valence-electron chi connectivity index (χ0n) is 8.85. The molecule has 2 nitrogen and oxygen atoms in total. The summed E-state index contributed by atoms with van der Waals surface area (Å²) in [5, 5.41) is 6.67. The molecule has 1 aliphatic carbocycles. The summed E-state index contributed by atoms with van der Waals surface area (Å²) in [5.41, 5.74) is 1.66. The molecule has 0 fully saturated rings. The molecular weight excluding hydrogens is 160 g/mol. The van der Waals surface area contributed by atoms with Crippen molar-refractivity contribution in [2.45, 2.75) is 13.8 Å². The van der Waals surface area contributed by atoms with Gasteiger partial charge in [-0.05, 0) is 20.5 Å². The van der Waals surface area contributed by atoms with Crippen LogP contribution in [0.2, 0.25) is 0 Å². The number of allylic oxidation sites excluding steroid dienone is 2. The van der Waals surface area contributed by atoms with E-state index in [0.717, 1.165) is 19.6 Å². The van der Waals surface area contributed by atoms with Gasteiger partial charge in [0.15, 0.2) is 0 Å². The van der Waals surface area contributed by atoms with Crippen molar-refractivity contribution in [2.75, 3.05) is 26.7 Å². The van der Waals surface area contributed by atoms with E-state index < -0.39 is 0 Å². The summed E-state index contributed by atoms with van der Waals surface area (Å²) < 4.78 is 0. The summed E-state index contributed by atoms with van der Waals surface area (Å²) in [6.45, 7) is 7.42. The normalized spacial score (nSPS) is 26.5. The van der Waals surface area contributed by atoms with Gasteiger partial charge in [-0.15, -0.1) is 0 Å². The molecule has 0 radical (unpaired) electrons. The lowest BCUT2D eigenvalue weighted by Gasteiger charge is -2.29. The van der Waals surface area contributed by atoms with Gasteiger partial charge in [-0.3, -0.25) is 0 Å². The summed E-state index contributed by atoms with van der Waals surface area (Å²) in [6.07, 6.45) is 6.65. The summed E-state index contributed by atoms with van der Waals surface area (Å²) in [7, 11) is 2.01. The lowest BCUT2D eigenvalue weighted by Crippen LogP contribution is -2.40. The number of rotatable bonds is 5. The Kier molecular flexibility index (Phi) is 3.70. The van der Waals surface area contributed by atoms with E-state index in [1.807, 2.05) is 7.05 Å². The van der Waals surface area contributed by atoms with Gasteiger partial charge in [0.1, 0.15) is 0 Å². The van der Waals surface area contributed by atoms with Crippen molar-refractivity contribution >= 4 is 0 Å². The van der Waals surface area contributed by atoms with Crippen LogP contribution < -0.4 is 10.6 Å². The Labute approximate surface area is 81.1 Å². The van der Waals surface area contributed by atoms with Crippen LogP contribution in [0.5, 0.6) is 0 Å². The average molecular weight is 180 g/mol. The largest absolute Gasteiger partial charge is 0.319 e. The van der Waals surface area contributed by atoms with Crippen LogP contribution in [0.3, 0.4) is 0 Å². The van der Waals surface area contributed by atoms with Gasteiger partial charge >= 0.3 is 0 Å². The van der Waals surface area contributed by atoms with Gasteiger partial charge in [-0.25, -0.2) is 0 Å². The van der Waals surface area contributed by atoms with Gasteiger partial charge in [-0.1, -0.05) is 30.7 Å². The third-order valence-electron chi connectivity index (χ3n) is 2.73. The van der Waals surface area contributed by atoms with E-state index in [1.54, 1.807) is 0 Å². The maximum atomic E-state index is 3.41. The summed E-state index contributed by atoms with van der Waals surface area (Å²) in [5.74, 6) is 0. The molecule has 0 saturated heterocycles. The summed E-state index contributed by atoms with van der Waals surface area (Å²) in [4.78, 5) is 0. The second-order valence-corrected chi connectivity index (χ2v) is 3.68. The maximum absolute atomic E-state index is 3.41. The Balaban J connectivity index is 2.64. The van der Waals surface area contributed by atoms with Gasteiger partial charge in [-0.2, -0.15) is 0 Å². The zero-order valence-corrected chi connectivity index (χ0v) is 8.85. The van der Waals surface area contributed by atoms with Crippen molar-refractivity contribution < 1.29 is 0 Å². The molecule has 74 valence electrons. The Bertz CT molecular complexity index is 218. The third-order valence-corrected chi connectivity index (χ3v) is 2.73. The van der Waals surface area contributed by atoms with Crippen LogP contribution >= 0.6 is 0 Å². The van der Waals surface area contributed by atoms with Gasteiger partial charge in [0.25, 0.3) is 0 Å². The van der Waals surface area contributed by atoms with E-state index in [0.29, 0.717) is 0 Å². The van der Waals surface area contributed by atoms with Crippen molar-refractivity contribution in [2.24, 2.45) is 5.41 Å². The Hall–Kier alpha value is -0.600. The molecule has 0 aliphatic heterocycles. The highest BCUT2D eigenvalue weighted by atomic mass is 14.9. The van der Waals surface area contributed by atoms with Gasteiger partial charge in [0.2, 0.25) is 0 Å². The van der Waals surface area contributed by atoms with E-state index >= 15 is 0 Å². The fourth-order valence-corrected chi connectivity index (χ4v) is 1.80. The minimum absolute atomic E-state index is 0.213. The first-order valence-electron chi connectivity index (χ1n) is 4.97. The van der Waals surface area contributed by atoms with Crippen molar-refractivity contribution in [3.8, 4) is 0 Å². The van der Waals surface area contributed by atoms with Crippen LogP contribution in [0.15, 0.2) is 23.8 Å². The minimum atomic E-state index is 0.213. The fourth-order valence-electron chi connectivity index (χ4n) is 1.80. The van der Waals surface area contributed by atoms with Crippen LogP contribution in [0.4, 0.5) is 0 Å². The van der Waals surface area contributed by atoms with Gasteiger partial charge in [0.05, 0.1) is 0 Å². The molecule has 1 rings (SSSR count). The van der Waals surface area contributed by atoms with Crippen molar-refractivity contribution in [1.29, 1.82) is 0 Å². The first-order valence-corrected chi connectivity index (χ1v) is 4.97. The molecule has 1 aliphatic rings. The van der Waals surface area contributed by atoms with E-state index in [1.165, 1.54) is 5.57 Å². The average Bonchev–Trinajstić information content (AvgIpc) is 2.46. The molecule has 2 heteroatoms. The lowest BCUT2D eigenvalue weighted by molar-refractivity contribution is 0.413. The zero-order chi connectivity index (χ0) is 9.73. The van der Waals surface area contributed by atoms with Crippen LogP contribution in [-0.4, -0.2) is 26.7 Å². The van der Waals surface area contributed by atoms with E-state index in [2.05, 4.69) is 42.7 Å². The van der Waals surface area contributed by atoms with Crippen molar-refractivity contribution in [1.82, 2.24) is 10.6 Å². The second-order valence-electron chi connectivity index (χ2n) is 3.68. The number of hydrogen-bond acceptors (Lipinski definition) is 2. The highest BCUT2D eigenvalue weighted by Crippen LogP contribution is 2.32. The molecule has 0 bridgehead atoms. The van der Waals surface area contributed by atoms with E-state index in [4.69, 9.17) is 0 Å². The second kappa shape index (κ2) is 4.58. The Morgan fingerprint density at radius 2 is 2.15 bits per heavy atom. The molecule has 0 spiro atoms. The lowest BCUT2D eigenvalue weighted by atomic mass is 9.83. The summed E-state index contributed by atoms with van der Waals surface area (Å²) >= 11 is 0. The predicted octanol–water partition coefficient (Wildman–Crippen LogP) is 1.32. The maximum Gasteiger partial charge on any atom is 0.0344 e. The van der Waals surface area contributed by atoms with Crippen LogP contribution in [-0.2, 0) is 0 Å². The molecule has 2 N–H and O–H groups in total. The molecule has 0 amide bonds. The predicted molar refractivity (Wildman–Crippen MR) is 57.8 cm³/mol. The quantitative estimate of drug-likeness (QED) is 0.667. The number of hydrogen-bond donors (Lipinski definition) is 2. The highest BCUT2D eigenvalue weighted by Gasteiger charge is 2.29. The minimum Gasteiger partial charge on any atom is -0.319 e. The molecule has 1 unspecified atom stereocenters. The van der Waals surface area contributed by atoms with Crippen LogP contribution in [0.25, 0.3) is 0 Å². The molecule has 0 saturated carbocycles. The smallest absolute Gasteiger partial charge is 0.0344 e. The van der Waals surface area contributed by atoms with Gasteiger partial charge < -0.3 is 10.6 Å². The monoisotopic (exact) mass is 180 g/mol. The SMILES string of the molecule is CCNCC1(CNC)C=CC=C1C. The fraction of sp³-hybridized carbons (Fsp3) is 0.636. The highest BCUT2D eigenvalue weighted by molar-refractivity contribution is 5.33. The first kappa shape index (κ1) is 10.5. The molecular formula is C11H20N2. The molecule has 1 atom stereocenters. The Morgan fingerprint density at radius 1 is 1.38 bits per heavy atom. The topological polar surface area (TPSA) is 24.1 Å². The van der Waals surface area contributed by atoms with Crippen molar-refractivity contribution in [3.05, 3.63) is 23.8 Å². The molecule has 0 aromatic rings. The van der Waals surface area contributed by atoms with E-state index in [9.17, 15) is 0 Å². The molecule has 0 aromatic heterocycles. The number of nitrogens with one attached hydrogen (secondary N) is 2. The van der Waals surface area contributed by atoms with E-state index in [-0.39, 0.29) is 5.41 Å². The molecule has 0 aromatic carbocycles. The van der Waals surface area contributed by atoms with Gasteiger partial charge in [0, 0.05) is 18.5 Å². The standard InChI is InChI=1S/C11H20N2/c1-4-13-9-11(8-12-3)7-5-6-10(11)2/h5-7,12-13H,4,8-9H2,1-3H3. The van der Waals surface area contributed by atoms with Crippen LogP contribution in [0, 0.1) is 5.41 Å². The molecule has 0 heterocycles. The van der Waals surface area contributed by atoms with Crippen molar-refractivity contribution in [3.63, 3.8) is 0 Å². The molecule has 13 heavy (non-hydrogen) atoms. The first-order chi connectivity index (χ1) is 6.25. The van der Waals surface area contributed by atoms with Crippen LogP contribution in [0.1, 0.15) is 13.8 Å². The Morgan fingerprint density at radius 3 is 2.62 bits per heavy atom. The summed E-state index contributed by atoms with van der Waals surface area (Å²) in [6, 6.07) is 0.